The van der Waals surface area contributed by atoms with Crippen LogP contribution in [0.3, 0.4) is 0 Å². The highest BCUT2D eigenvalue weighted by atomic mass is 35.5. The van der Waals surface area contributed by atoms with Gasteiger partial charge in [0.15, 0.2) is 11.2 Å². The molecule has 0 spiro atoms. The maximum atomic E-state index is 13.0. The van der Waals surface area contributed by atoms with Crippen LogP contribution in [0.15, 0.2) is 83.7 Å². The molecule has 9 heteroatoms. The number of hydrogen-bond acceptors (Lipinski definition) is 5. The van der Waals surface area contributed by atoms with Crippen molar-refractivity contribution in [2.75, 3.05) is 5.32 Å². The number of benzene rings is 2. The van der Waals surface area contributed by atoms with Crippen molar-refractivity contribution in [3.05, 3.63) is 106 Å². The van der Waals surface area contributed by atoms with Gasteiger partial charge in [0.25, 0.3) is 0 Å². The third-order valence-electron chi connectivity index (χ3n) is 5.43. The van der Waals surface area contributed by atoms with E-state index in [0.29, 0.717) is 39.1 Å². The summed E-state index contributed by atoms with van der Waals surface area (Å²) >= 11 is 6.21. The van der Waals surface area contributed by atoms with Gasteiger partial charge in [-0.2, -0.15) is 0 Å². The number of nitrogens with zero attached hydrogens (tertiary/aromatic N) is 3. The average Bonchev–Trinajstić information content (AvgIpc) is 2.87. The summed E-state index contributed by atoms with van der Waals surface area (Å²) in [5, 5.41) is 5.82. The SMILES string of the molecule is Cc1cc(-c2nc3c(=O)cc(CNC(=O)Nc4ccccc4)[nH]c3nc2-c2ccccc2)cc(Cl)n1. The van der Waals surface area contributed by atoms with E-state index in [4.69, 9.17) is 21.6 Å². The van der Waals surface area contributed by atoms with Crippen LogP contribution in [0.5, 0.6) is 0 Å². The monoisotopic (exact) mass is 496 g/mol. The number of fused-ring (bicyclic) bond motifs is 1. The quantitative estimate of drug-likeness (QED) is 0.285. The zero-order chi connectivity index (χ0) is 25.1. The summed E-state index contributed by atoms with van der Waals surface area (Å²) in [5.41, 5.74) is 4.75. The first kappa shape index (κ1) is 23.2. The van der Waals surface area contributed by atoms with E-state index in [1.165, 1.54) is 6.07 Å². The van der Waals surface area contributed by atoms with Crippen LogP contribution in [0.2, 0.25) is 5.15 Å². The molecule has 2 aromatic carbocycles. The highest BCUT2D eigenvalue weighted by Gasteiger charge is 2.17. The Bertz CT molecular complexity index is 1600. The number of rotatable bonds is 5. The summed E-state index contributed by atoms with van der Waals surface area (Å²) in [6.07, 6.45) is 0. The fourth-order valence-corrected chi connectivity index (χ4v) is 4.09. The maximum absolute atomic E-state index is 13.0. The number of pyridine rings is 2. The molecular weight excluding hydrogens is 476 g/mol. The van der Waals surface area contributed by atoms with E-state index in [9.17, 15) is 9.59 Å². The average molecular weight is 497 g/mol. The van der Waals surface area contributed by atoms with Crippen molar-refractivity contribution < 1.29 is 4.79 Å². The maximum Gasteiger partial charge on any atom is 0.319 e. The molecule has 0 fully saturated rings. The van der Waals surface area contributed by atoms with E-state index in [0.717, 1.165) is 11.3 Å². The number of hydrogen-bond donors (Lipinski definition) is 3. The molecule has 3 heterocycles. The summed E-state index contributed by atoms with van der Waals surface area (Å²) < 4.78 is 0. The van der Waals surface area contributed by atoms with Crippen molar-refractivity contribution in [1.29, 1.82) is 0 Å². The third-order valence-corrected chi connectivity index (χ3v) is 5.62. The molecule has 0 saturated heterocycles. The van der Waals surface area contributed by atoms with Gasteiger partial charge in [-0.3, -0.25) is 4.79 Å². The normalized spacial score (nSPS) is 10.8. The summed E-state index contributed by atoms with van der Waals surface area (Å²) in [7, 11) is 0. The molecule has 0 saturated carbocycles. The van der Waals surface area contributed by atoms with E-state index in [1.807, 2.05) is 61.5 Å². The zero-order valence-electron chi connectivity index (χ0n) is 19.2. The van der Waals surface area contributed by atoms with Gasteiger partial charge in [-0.05, 0) is 31.2 Å². The molecule has 0 unspecified atom stereocenters. The minimum Gasteiger partial charge on any atom is -0.340 e. The molecular formula is C27H21ClN6O2. The number of H-pyrrole nitrogens is 1. The molecule has 5 rings (SSSR count). The van der Waals surface area contributed by atoms with Crippen LogP contribution in [-0.4, -0.2) is 26.0 Å². The minimum absolute atomic E-state index is 0.104. The Morgan fingerprint density at radius 1 is 0.889 bits per heavy atom. The molecule has 3 aromatic heterocycles. The number of nitrogens with one attached hydrogen (secondary N) is 3. The molecule has 36 heavy (non-hydrogen) atoms. The molecule has 5 aromatic rings. The zero-order valence-corrected chi connectivity index (χ0v) is 20.0. The number of carbonyl (C=O) groups is 1. The molecule has 0 aliphatic rings. The van der Waals surface area contributed by atoms with E-state index in [2.05, 4.69) is 20.6 Å². The van der Waals surface area contributed by atoms with E-state index >= 15 is 0 Å². The Balaban J connectivity index is 1.53. The second-order valence-electron chi connectivity index (χ2n) is 8.14. The summed E-state index contributed by atoms with van der Waals surface area (Å²) in [6.45, 7) is 1.94. The summed E-state index contributed by atoms with van der Waals surface area (Å²) in [5.74, 6) is 0. The van der Waals surface area contributed by atoms with Gasteiger partial charge in [0, 0.05) is 34.3 Å². The number of aromatic amines is 1. The topological polar surface area (TPSA) is 113 Å². The van der Waals surface area contributed by atoms with Gasteiger partial charge in [0.1, 0.15) is 5.15 Å². The number of halogens is 1. The highest BCUT2D eigenvalue weighted by Crippen LogP contribution is 2.31. The van der Waals surface area contributed by atoms with Crippen LogP contribution >= 0.6 is 11.6 Å². The van der Waals surface area contributed by atoms with Crippen molar-refractivity contribution in [2.45, 2.75) is 13.5 Å². The smallest absolute Gasteiger partial charge is 0.319 e. The van der Waals surface area contributed by atoms with Crippen molar-refractivity contribution >= 4 is 34.5 Å². The van der Waals surface area contributed by atoms with Crippen LogP contribution in [0.1, 0.15) is 11.4 Å². The van der Waals surface area contributed by atoms with Crippen molar-refractivity contribution in [1.82, 2.24) is 25.3 Å². The predicted molar refractivity (Wildman–Crippen MR) is 141 cm³/mol. The third kappa shape index (κ3) is 5.08. The first-order chi connectivity index (χ1) is 17.5. The van der Waals surface area contributed by atoms with Gasteiger partial charge in [-0.25, -0.2) is 19.7 Å². The van der Waals surface area contributed by atoms with Gasteiger partial charge >= 0.3 is 6.03 Å². The highest BCUT2D eigenvalue weighted by molar-refractivity contribution is 6.29. The minimum atomic E-state index is -0.390. The number of amides is 2. The second kappa shape index (κ2) is 9.97. The van der Waals surface area contributed by atoms with Gasteiger partial charge in [-0.15, -0.1) is 0 Å². The molecule has 0 radical (unpaired) electrons. The Hall–Kier alpha value is -4.56. The van der Waals surface area contributed by atoms with Gasteiger partial charge < -0.3 is 15.6 Å². The summed E-state index contributed by atoms with van der Waals surface area (Å²) in [6, 6.07) is 23.2. The Kier molecular flexibility index (Phi) is 6.42. The number of urea groups is 1. The predicted octanol–water partition coefficient (Wildman–Crippen LogP) is 5.33. The molecule has 0 aliphatic carbocycles. The number of aryl methyl sites for hydroxylation is 1. The van der Waals surface area contributed by atoms with Crippen LogP contribution in [0.4, 0.5) is 10.5 Å². The first-order valence-electron chi connectivity index (χ1n) is 11.2. The van der Waals surface area contributed by atoms with Crippen molar-refractivity contribution in [3.63, 3.8) is 0 Å². The lowest BCUT2D eigenvalue weighted by Gasteiger charge is -2.12. The Labute approximate surface area is 211 Å². The first-order valence-corrected chi connectivity index (χ1v) is 11.6. The van der Waals surface area contributed by atoms with Gasteiger partial charge in [0.05, 0.1) is 17.9 Å². The number of anilines is 1. The van der Waals surface area contributed by atoms with Crippen LogP contribution in [0, 0.1) is 6.92 Å². The van der Waals surface area contributed by atoms with Crippen LogP contribution in [0.25, 0.3) is 33.7 Å². The second-order valence-corrected chi connectivity index (χ2v) is 8.52. The van der Waals surface area contributed by atoms with E-state index < -0.39 is 6.03 Å². The molecule has 0 bridgehead atoms. The Morgan fingerprint density at radius 2 is 1.58 bits per heavy atom. The van der Waals surface area contributed by atoms with Crippen molar-refractivity contribution in [2.24, 2.45) is 0 Å². The molecule has 0 atom stereocenters. The van der Waals surface area contributed by atoms with E-state index in [-0.39, 0.29) is 17.5 Å². The van der Waals surface area contributed by atoms with Gasteiger partial charge in [0.2, 0.25) is 5.43 Å². The molecule has 0 aliphatic heterocycles. The van der Waals surface area contributed by atoms with Gasteiger partial charge in [-0.1, -0.05) is 60.1 Å². The number of aromatic nitrogens is 4. The molecule has 3 N–H and O–H groups in total. The van der Waals surface area contributed by atoms with Crippen LogP contribution < -0.4 is 16.1 Å². The van der Waals surface area contributed by atoms with Crippen LogP contribution in [-0.2, 0) is 6.54 Å². The van der Waals surface area contributed by atoms with E-state index in [1.54, 1.807) is 18.2 Å². The largest absolute Gasteiger partial charge is 0.340 e. The Morgan fingerprint density at radius 3 is 2.31 bits per heavy atom. The van der Waals surface area contributed by atoms with Crippen molar-refractivity contribution in [3.8, 4) is 22.5 Å². The molecule has 2 amide bonds. The fourth-order valence-electron chi connectivity index (χ4n) is 3.84. The summed E-state index contributed by atoms with van der Waals surface area (Å²) in [4.78, 5) is 42.1. The number of para-hydroxylation sites is 1. The molecule has 8 nitrogen and oxygen atoms in total. The lowest BCUT2D eigenvalue weighted by molar-refractivity contribution is 0.251. The standard InChI is InChI=1S/C27H21ClN6O2/c1-16-12-18(13-22(28)30-16)24-23(17-8-4-2-5-9-17)34-26-25(33-24)21(35)14-20(31-26)15-29-27(36)32-19-10-6-3-7-11-19/h2-14H,15H2,1H3,(H2,29,32,36)(H,31,34,35). The fraction of sp³-hybridized carbons (Fsp3) is 0.0741. The molecule has 178 valence electrons. The lowest BCUT2D eigenvalue weighted by Crippen LogP contribution is -2.29. The number of carbonyl (C=O) groups excluding carboxylic acids is 1. The lowest BCUT2D eigenvalue weighted by atomic mass is 10.0.